The second kappa shape index (κ2) is 21.2. The maximum absolute atomic E-state index is 12.3. The van der Waals surface area contributed by atoms with E-state index in [1.54, 1.807) is 18.2 Å². The van der Waals surface area contributed by atoms with Gasteiger partial charge in [0.2, 0.25) is 11.6 Å². The average molecular weight is 940 g/mol. The third-order valence-corrected chi connectivity index (χ3v) is 11.2. The van der Waals surface area contributed by atoms with Crippen LogP contribution in [0.3, 0.4) is 0 Å². The third-order valence-electron chi connectivity index (χ3n) is 10.6. The number of esters is 1. The number of halogens is 2. The molecule has 348 valence electrons. The fraction of sp³-hybridized carbons (Fsp3) is 0.400. The number of aliphatic carboxylic acids is 1. The standard InChI is InChI=1S/C27H32ClN3O4.C23H24ClN3O4/c1-17(2)33-23-11-10-20(14-22(23)28)26-29-25(30-35-26)19-8-9-21-15-31(12-6-7-18(21)13-19)16-24(32)34-27(3,4)5;1-14(2)30-20-8-7-17(11-19(20)24)23-25-22(26-31-23)16-5-6-18-12-27(13-21(28)29)9-3-4-15(18)10-16/h8-11,13-14,17H,6-7,12,15-16H2,1-5H3;5-8,10-11,14H,3-4,9,12-13H2,1-2H3,(H,28,29). The molecule has 66 heavy (non-hydrogen) atoms. The van der Waals surface area contributed by atoms with E-state index < -0.39 is 11.6 Å². The molecule has 0 radical (unpaired) electrons. The molecule has 0 unspecified atom stereocenters. The van der Waals surface area contributed by atoms with Gasteiger partial charge in [0, 0.05) is 35.3 Å². The van der Waals surface area contributed by atoms with Gasteiger partial charge >= 0.3 is 11.9 Å². The minimum atomic E-state index is -0.802. The van der Waals surface area contributed by atoms with Crippen molar-refractivity contribution in [2.24, 2.45) is 0 Å². The lowest BCUT2D eigenvalue weighted by atomic mass is 10.0. The van der Waals surface area contributed by atoms with E-state index in [4.69, 9.17) is 51.6 Å². The van der Waals surface area contributed by atoms with E-state index in [1.807, 2.05) is 89.8 Å². The summed E-state index contributed by atoms with van der Waals surface area (Å²) < 4.78 is 27.9. The Bertz CT molecular complexity index is 2660. The Hall–Kier alpha value is -5.80. The second-order valence-corrected chi connectivity index (χ2v) is 18.9. The molecule has 0 saturated heterocycles. The van der Waals surface area contributed by atoms with Crippen LogP contribution in [0.2, 0.25) is 10.0 Å². The van der Waals surface area contributed by atoms with E-state index in [-0.39, 0.29) is 31.3 Å². The first kappa shape index (κ1) is 48.1. The minimum Gasteiger partial charge on any atom is -0.489 e. The summed E-state index contributed by atoms with van der Waals surface area (Å²) in [6.45, 7) is 16.7. The minimum absolute atomic E-state index is 0.0303. The van der Waals surface area contributed by atoms with Crippen molar-refractivity contribution < 1.29 is 38.0 Å². The molecule has 6 aromatic rings. The topological polar surface area (TPSA) is 166 Å². The molecule has 0 aliphatic carbocycles. The number of nitrogens with zero attached hydrogens (tertiary/aromatic N) is 6. The van der Waals surface area contributed by atoms with Gasteiger partial charge in [0.15, 0.2) is 0 Å². The number of carbonyl (C=O) groups excluding carboxylic acids is 1. The summed E-state index contributed by atoms with van der Waals surface area (Å²) in [5.74, 6) is 2.05. The average Bonchev–Trinajstić information content (AvgIpc) is 3.85. The molecular formula is C50H56Cl2N6O8. The molecule has 0 amide bonds. The van der Waals surface area contributed by atoms with Crippen LogP contribution in [-0.2, 0) is 40.3 Å². The highest BCUT2D eigenvalue weighted by atomic mass is 35.5. The molecule has 14 nitrogen and oxygen atoms in total. The van der Waals surface area contributed by atoms with Crippen LogP contribution >= 0.6 is 23.2 Å². The van der Waals surface area contributed by atoms with Crippen LogP contribution in [0.25, 0.3) is 45.7 Å². The number of carboxylic acids is 1. The zero-order chi connectivity index (χ0) is 47.1. The van der Waals surface area contributed by atoms with Crippen molar-refractivity contribution in [3.8, 4) is 57.2 Å². The monoisotopic (exact) mass is 938 g/mol. The third kappa shape index (κ3) is 13.0. The molecule has 2 aromatic heterocycles. The Kier molecular flexibility index (Phi) is 15.5. The Labute approximate surface area is 395 Å². The lowest BCUT2D eigenvalue weighted by Crippen LogP contribution is -2.34. The van der Waals surface area contributed by atoms with Crippen LogP contribution in [0.4, 0.5) is 0 Å². The summed E-state index contributed by atoms with van der Waals surface area (Å²) in [6.07, 6.45) is 3.74. The summed E-state index contributed by atoms with van der Waals surface area (Å²) >= 11 is 12.7. The predicted octanol–water partition coefficient (Wildman–Crippen LogP) is 10.6. The molecule has 2 aliphatic heterocycles. The number of fused-ring (bicyclic) bond motifs is 2. The van der Waals surface area contributed by atoms with Crippen LogP contribution in [0.5, 0.6) is 11.5 Å². The smallest absolute Gasteiger partial charge is 0.320 e. The molecule has 8 rings (SSSR count). The molecule has 0 atom stereocenters. The fourth-order valence-electron chi connectivity index (χ4n) is 7.83. The Morgan fingerprint density at radius 3 is 1.50 bits per heavy atom. The molecule has 0 spiro atoms. The maximum Gasteiger partial charge on any atom is 0.320 e. The number of hydrogen-bond donors (Lipinski definition) is 1. The predicted molar refractivity (Wildman–Crippen MR) is 253 cm³/mol. The van der Waals surface area contributed by atoms with Gasteiger partial charge in [-0.3, -0.25) is 19.4 Å². The van der Waals surface area contributed by atoms with Gasteiger partial charge < -0.3 is 28.4 Å². The van der Waals surface area contributed by atoms with Crippen LogP contribution in [0.1, 0.15) is 83.6 Å². The summed E-state index contributed by atoms with van der Waals surface area (Å²) in [5.41, 5.74) is 7.50. The van der Waals surface area contributed by atoms with Crippen molar-refractivity contribution in [3.05, 3.63) is 105 Å². The molecule has 0 saturated carbocycles. The number of rotatable bonds is 12. The molecule has 0 bridgehead atoms. The second-order valence-electron chi connectivity index (χ2n) is 18.0. The normalized spacial score (nSPS) is 14.4. The van der Waals surface area contributed by atoms with Crippen molar-refractivity contribution in [3.63, 3.8) is 0 Å². The number of ether oxygens (including phenoxy) is 3. The van der Waals surface area contributed by atoms with Crippen LogP contribution < -0.4 is 9.47 Å². The first-order chi connectivity index (χ1) is 31.5. The highest BCUT2D eigenvalue weighted by molar-refractivity contribution is 6.32. The number of benzene rings is 4. The number of hydrogen-bond acceptors (Lipinski definition) is 13. The van der Waals surface area contributed by atoms with Gasteiger partial charge in [0.1, 0.15) is 17.1 Å². The van der Waals surface area contributed by atoms with E-state index >= 15 is 0 Å². The molecule has 0 fully saturated rings. The highest BCUT2D eigenvalue weighted by Gasteiger charge is 2.23. The Balaban J connectivity index is 0.000000198. The first-order valence-corrected chi connectivity index (χ1v) is 22.9. The lowest BCUT2D eigenvalue weighted by Gasteiger charge is -2.24. The van der Waals surface area contributed by atoms with Gasteiger partial charge in [-0.05, 0) is 158 Å². The van der Waals surface area contributed by atoms with Crippen molar-refractivity contribution >= 4 is 35.1 Å². The van der Waals surface area contributed by atoms with Gasteiger partial charge in [-0.2, -0.15) is 9.97 Å². The van der Waals surface area contributed by atoms with Crippen LogP contribution in [-0.4, -0.2) is 91.1 Å². The summed E-state index contributed by atoms with van der Waals surface area (Å²) in [6, 6.07) is 23.1. The van der Waals surface area contributed by atoms with E-state index in [0.717, 1.165) is 66.6 Å². The summed E-state index contributed by atoms with van der Waals surface area (Å²) in [4.78, 5) is 36.6. The Morgan fingerprint density at radius 1 is 0.652 bits per heavy atom. The van der Waals surface area contributed by atoms with Crippen LogP contribution in [0.15, 0.2) is 81.8 Å². The van der Waals surface area contributed by atoms with Crippen molar-refractivity contribution in [2.45, 2.75) is 105 Å². The van der Waals surface area contributed by atoms with E-state index in [9.17, 15) is 9.59 Å². The highest BCUT2D eigenvalue weighted by Crippen LogP contribution is 2.34. The molecular weight excluding hydrogens is 883 g/mol. The van der Waals surface area contributed by atoms with Gasteiger partial charge in [-0.15, -0.1) is 0 Å². The number of carbonyl (C=O) groups is 2. The largest absolute Gasteiger partial charge is 0.489 e. The van der Waals surface area contributed by atoms with Crippen molar-refractivity contribution in [1.82, 2.24) is 30.1 Å². The fourth-order valence-corrected chi connectivity index (χ4v) is 8.28. The summed E-state index contributed by atoms with van der Waals surface area (Å²) in [5, 5.41) is 18.4. The zero-order valence-corrected chi connectivity index (χ0v) is 39.9. The van der Waals surface area contributed by atoms with Crippen molar-refractivity contribution in [2.75, 3.05) is 26.2 Å². The molecule has 1 N–H and O–H groups in total. The molecule has 2 aliphatic rings. The number of aryl methyl sites for hydroxylation is 2. The van der Waals surface area contributed by atoms with Gasteiger partial charge in [0.05, 0.1) is 35.3 Å². The van der Waals surface area contributed by atoms with Gasteiger partial charge in [-0.25, -0.2) is 0 Å². The summed E-state index contributed by atoms with van der Waals surface area (Å²) in [7, 11) is 0. The quantitative estimate of drug-likeness (QED) is 0.115. The maximum atomic E-state index is 12.3. The Morgan fingerprint density at radius 2 is 1.09 bits per heavy atom. The number of aromatic nitrogens is 4. The van der Waals surface area contributed by atoms with Gasteiger partial charge in [0.25, 0.3) is 11.8 Å². The van der Waals surface area contributed by atoms with E-state index in [2.05, 4.69) is 43.4 Å². The van der Waals surface area contributed by atoms with E-state index in [1.165, 1.54) is 16.7 Å². The SMILES string of the molecule is CC(C)Oc1ccc(-c2nc(-c3ccc4c(c3)CCCN(CC(=O)O)C4)no2)cc1Cl.CC(C)Oc1ccc(-c2nc(-c3ccc4c(c3)CCCN(CC(=O)OC(C)(C)C)C4)no2)cc1Cl. The molecule has 16 heteroatoms. The molecule has 4 heterocycles. The lowest BCUT2D eigenvalue weighted by molar-refractivity contribution is -0.156. The molecule has 4 aromatic carbocycles. The van der Waals surface area contributed by atoms with E-state index in [0.29, 0.717) is 58.1 Å². The number of carboxylic acid groups (broad SMARTS) is 1. The van der Waals surface area contributed by atoms with Crippen molar-refractivity contribution in [1.29, 1.82) is 0 Å². The first-order valence-electron chi connectivity index (χ1n) is 22.2. The zero-order valence-electron chi connectivity index (χ0n) is 38.4. The van der Waals surface area contributed by atoms with Gasteiger partial charge in [-0.1, -0.05) is 57.8 Å². The van der Waals surface area contributed by atoms with Crippen LogP contribution in [0, 0.1) is 0 Å².